The van der Waals surface area contributed by atoms with Gasteiger partial charge in [0.05, 0.1) is 23.4 Å². The van der Waals surface area contributed by atoms with E-state index in [0.717, 1.165) is 31.6 Å². The lowest BCUT2D eigenvalue weighted by atomic mass is 9.79. The van der Waals surface area contributed by atoms with Crippen LogP contribution in [0.2, 0.25) is 0 Å². The molecule has 1 aliphatic heterocycles. The number of thiazole rings is 1. The van der Waals surface area contributed by atoms with Gasteiger partial charge in [-0.05, 0) is 38.1 Å². The summed E-state index contributed by atoms with van der Waals surface area (Å²) in [6, 6.07) is 7.32. The summed E-state index contributed by atoms with van der Waals surface area (Å²) in [4.78, 5) is 17.0. The summed E-state index contributed by atoms with van der Waals surface area (Å²) in [5, 5.41) is 8.39. The largest absolute Gasteiger partial charge is 0.486 e. The fourth-order valence-corrected chi connectivity index (χ4v) is 3.78. The number of hydrogen-bond acceptors (Lipinski definition) is 6. The van der Waals surface area contributed by atoms with Gasteiger partial charge < -0.3 is 20.1 Å². The van der Waals surface area contributed by atoms with Crippen LogP contribution in [0.1, 0.15) is 28.9 Å². The number of nitrogens with zero attached hydrogens (tertiary/aromatic N) is 1. The van der Waals surface area contributed by atoms with Gasteiger partial charge >= 0.3 is 0 Å². The number of hydrogen-bond donors (Lipinski definition) is 2. The first kappa shape index (κ1) is 24.7. The van der Waals surface area contributed by atoms with E-state index in [2.05, 4.69) is 15.6 Å². The highest BCUT2D eigenvalue weighted by atomic mass is 35.5. The topological polar surface area (TPSA) is 72.5 Å². The minimum absolute atomic E-state index is 0. The highest BCUT2D eigenvalue weighted by Gasteiger charge is 2.32. The standard InChI is InChI=1S/C19H25N3O3S.2ClH/c1-24-13-19(6-8-20-9-7-19)12-21-18(23)16-4-2-3-5-17(16)25-10-15-11-26-14-22-15;;/h2-5,11,14,20H,6-10,12-13H2,1H3,(H,21,23);2*1H. The number of carbonyl (C=O) groups excluding carboxylic acids is 1. The summed E-state index contributed by atoms with van der Waals surface area (Å²) < 4.78 is 11.2. The van der Waals surface area contributed by atoms with Gasteiger partial charge in [-0.15, -0.1) is 36.2 Å². The van der Waals surface area contributed by atoms with Gasteiger partial charge in [0.2, 0.25) is 0 Å². The number of benzene rings is 1. The van der Waals surface area contributed by atoms with E-state index in [1.54, 1.807) is 18.7 Å². The number of nitrogens with one attached hydrogen (secondary N) is 2. The summed E-state index contributed by atoms with van der Waals surface area (Å²) >= 11 is 1.53. The molecule has 2 heterocycles. The van der Waals surface area contributed by atoms with Crippen LogP contribution in [-0.2, 0) is 11.3 Å². The number of methoxy groups -OCH3 is 1. The molecule has 0 bridgehead atoms. The van der Waals surface area contributed by atoms with Crippen molar-refractivity contribution in [3.8, 4) is 5.75 Å². The monoisotopic (exact) mass is 447 g/mol. The van der Waals surface area contributed by atoms with E-state index in [1.165, 1.54) is 11.3 Å². The van der Waals surface area contributed by atoms with Crippen LogP contribution >= 0.6 is 36.2 Å². The molecule has 0 spiro atoms. The van der Waals surface area contributed by atoms with Crippen molar-refractivity contribution >= 4 is 42.1 Å². The van der Waals surface area contributed by atoms with E-state index in [1.807, 2.05) is 23.6 Å². The van der Waals surface area contributed by atoms with Gasteiger partial charge in [-0.1, -0.05) is 12.1 Å². The molecule has 0 radical (unpaired) electrons. The van der Waals surface area contributed by atoms with Crippen molar-refractivity contribution in [2.75, 3.05) is 33.4 Å². The van der Waals surface area contributed by atoms with Crippen molar-refractivity contribution in [1.82, 2.24) is 15.6 Å². The Kier molecular flexibility index (Phi) is 10.8. The lowest BCUT2D eigenvalue weighted by Gasteiger charge is -2.37. The maximum Gasteiger partial charge on any atom is 0.255 e. The highest BCUT2D eigenvalue weighted by Crippen LogP contribution is 2.28. The normalized spacial score (nSPS) is 15.0. The smallest absolute Gasteiger partial charge is 0.255 e. The average Bonchev–Trinajstić information content (AvgIpc) is 3.19. The van der Waals surface area contributed by atoms with Crippen molar-refractivity contribution < 1.29 is 14.3 Å². The third kappa shape index (κ3) is 6.60. The van der Waals surface area contributed by atoms with E-state index in [9.17, 15) is 4.79 Å². The summed E-state index contributed by atoms with van der Waals surface area (Å²) in [7, 11) is 1.72. The number of amides is 1. The molecule has 3 rings (SSSR count). The van der Waals surface area contributed by atoms with Gasteiger partial charge in [0.15, 0.2) is 0 Å². The number of para-hydroxylation sites is 1. The zero-order chi connectivity index (χ0) is 18.2. The summed E-state index contributed by atoms with van der Waals surface area (Å²) in [5.74, 6) is 0.456. The quantitative estimate of drug-likeness (QED) is 0.649. The number of aromatic nitrogens is 1. The molecule has 1 fully saturated rings. The molecule has 0 aliphatic carbocycles. The van der Waals surface area contributed by atoms with Crippen LogP contribution in [0.3, 0.4) is 0 Å². The van der Waals surface area contributed by atoms with Crippen LogP contribution in [0, 0.1) is 5.41 Å². The Morgan fingerprint density at radius 2 is 2.04 bits per heavy atom. The van der Waals surface area contributed by atoms with Crippen molar-refractivity contribution in [3.05, 3.63) is 46.4 Å². The Morgan fingerprint density at radius 3 is 2.71 bits per heavy atom. The second kappa shape index (κ2) is 12.2. The lowest BCUT2D eigenvalue weighted by Crippen LogP contribution is -2.47. The molecule has 1 aromatic heterocycles. The van der Waals surface area contributed by atoms with Gasteiger partial charge in [0.1, 0.15) is 12.4 Å². The average molecular weight is 448 g/mol. The van der Waals surface area contributed by atoms with Gasteiger partial charge in [0, 0.05) is 24.4 Å². The maximum atomic E-state index is 12.8. The molecule has 28 heavy (non-hydrogen) atoms. The minimum Gasteiger partial charge on any atom is -0.486 e. The SMILES string of the molecule is COCC1(CNC(=O)c2ccccc2OCc2cscn2)CCNCC1.Cl.Cl. The van der Waals surface area contributed by atoms with Crippen molar-refractivity contribution in [2.45, 2.75) is 19.4 Å². The summed E-state index contributed by atoms with van der Waals surface area (Å²) in [6.45, 7) is 3.50. The predicted molar refractivity (Wildman–Crippen MR) is 116 cm³/mol. The Morgan fingerprint density at radius 1 is 1.29 bits per heavy atom. The zero-order valence-electron chi connectivity index (χ0n) is 15.8. The van der Waals surface area contributed by atoms with Gasteiger partial charge in [-0.3, -0.25) is 4.79 Å². The molecule has 1 aromatic carbocycles. The molecule has 6 nitrogen and oxygen atoms in total. The Hall–Kier alpha value is -1.38. The van der Waals surface area contributed by atoms with Crippen molar-refractivity contribution in [2.24, 2.45) is 5.41 Å². The predicted octanol–water partition coefficient (Wildman–Crippen LogP) is 3.31. The van der Waals surface area contributed by atoms with E-state index >= 15 is 0 Å². The fourth-order valence-electron chi connectivity index (χ4n) is 3.24. The molecular formula is C19H27Cl2N3O3S. The van der Waals surface area contributed by atoms with E-state index in [0.29, 0.717) is 31.1 Å². The first-order chi connectivity index (χ1) is 12.7. The third-order valence-electron chi connectivity index (χ3n) is 4.73. The number of ether oxygens (including phenoxy) is 2. The van der Waals surface area contributed by atoms with Gasteiger partial charge in [0.25, 0.3) is 5.91 Å². The second-order valence-corrected chi connectivity index (χ2v) is 7.35. The van der Waals surface area contributed by atoms with Crippen LogP contribution in [-0.4, -0.2) is 44.2 Å². The molecule has 1 aliphatic rings. The molecule has 156 valence electrons. The Labute approximate surface area is 182 Å². The molecule has 1 saturated heterocycles. The van der Waals surface area contributed by atoms with E-state index in [-0.39, 0.29) is 36.1 Å². The third-order valence-corrected chi connectivity index (χ3v) is 5.36. The molecular weight excluding hydrogens is 421 g/mol. The van der Waals surface area contributed by atoms with Crippen LogP contribution in [0.15, 0.2) is 35.2 Å². The zero-order valence-corrected chi connectivity index (χ0v) is 18.3. The number of halogens is 2. The maximum absolute atomic E-state index is 12.8. The molecule has 1 amide bonds. The van der Waals surface area contributed by atoms with Crippen molar-refractivity contribution in [3.63, 3.8) is 0 Å². The Bertz CT molecular complexity index is 705. The van der Waals surface area contributed by atoms with Gasteiger partial charge in [-0.2, -0.15) is 0 Å². The highest BCUT2D eigenvalue weighted by molar-refractivity contribution is 7.07. The molecule has 2 N–H and O–H groups in total. The summed E-state index contributed by atoms with van der Waals surface area (Å²) in [6.07, 6.45) is 1.98. The molecule has 0 saturated carbocycles. The van der Waals surface area contributed by atoms with Crippen molar-refractivity contribution in [1.29, 1.82) is 0 Å². The molecule has 2 aromatic rings. The first-order valence-corrected chi connectivity index (χ1v) is 9.73. The van der Waals surface area contributed by atoms with Gasteiger partial charge in [-0.25, -0.2) is 4.98 Å². The first-order valence-electron chi connectivity index (χ1n) is 8.79. The molecule has 0 atom stereocenters. The molecule has 0 unspecified atom stereocenters. The van der Waals surface area contributed by atoms with E-state index < -0.39 is 0 Å². The number of carbonyl (C=O) groups is 1. The van der Waals surface area contributed by atoms with Crippen LogP contribution in [0.4, 0.5) is 0 Å². The van der Waals surface area contributed by atoms with E-state index in [4.69, 9.17) is 9.47 Å². The second-order valence-electron chi connectivity index (χ2n) is 6.63. The van der Waals surface area contributed by atoms with Crippen LogP contribution < -0.4 is 15.4 Å². The minimum atomic E-state index is -0.118. The Balaban J connectivity index is 0.00000196. The lowest BCUT2D eigenvalue weighted by molar-refractivity contribution is 0.0511. The fraction of sp³-hybridized carbons (Fsp3) is 0.474. The molecule has 9 heteroatoms. The summed E-state index contributed by atoms with van der Waals surface area (Å²) in [5.41, 5.74) is 3.17. The number of piperidine rings is 1. The number of rotatable bonds is 8. The van der Waals surface area contributed by atoms with Crippen LogP contribution in [0.25, 0.3) is 0 Å². The van der Waals surface area contributed by atoms with Crippen LogP contribution in [0.5, 0.6) is 5.75 Å².